The summed E-state index contributed by atoms with van der Waals surface area (Å²) in [5.74, 6) is 0.754. The largest absolute Gasteiger partial charge is 0.238 e. The molecule has 0 aromatic heterocycles. The van der Waals surface area contributed by atoms with Crippen molar-refractivity contribution in [1.29, 1.82) is 0 Å². The van der Waals surface area contributed by atoms with Crippen LogP contribution in [0.25, 0.3) is 16.0 Å². The van der Waals surface area contributed by atoms with Gasteiger partial charge in [0.15, 0.2) is 5.69 Å². The zero-order valence-electron chi connectivity index (χ0n) is 12.3. The quantitative estimate of drug-likeness (QED) is 0.593. The van der Waals surface area contributed by atoms with E-state index in [2.05, 4.69) is 43.0 Å². The molecule has 0 N–H and O–H groups in total. The summed E-state index contributed by atoms with van der Waals surface area (Å²) in [5, 5.41) is 0. The fourth-order valence-corrected chi connectivity index (χ4v) is 2.56. The molecule has 0 heterocycles. The van der Waals surface area contributed by atoms with E-state index in [0.29, 0.717) is 5.69 Å². The molecule has 0 aliphatic rings. The van der Waals surface area contributed by atoms with Crippen LogP contribution in [0.3, 0.4) is 0 Å². The molecule has 1 unspecified atom stereocenters. The predicted octanol–water partition coefficient (Wildman–Crippen LogP) is 5.88. The Morgan fingerprint density at radius 2 is 1.50 bits per heavy atom. The number of rotatable bonds is 5. The summed E-state index contributed by atoms with van der Waals surface area (Å²) < 4.78 is 0. The summed E-state index contributed by atoms with van der Waals surface area (Å²) in [6.07, 6.45) is 3.71. The Labute approximate surface area is 122 Å². The first-order chi connectivity index (χ1) is 9.72. The normalized spacial score (nSPS) is 11.8. The number of hydrogen-bond acceptors (Lipinski definition) is 0. The van der Waals surface area contributed by atoms with E-state index >= 15 is 0 Å². The molecule has 0 fully saturated rings. The van der Waals surface area contributed by atoms with Gasteiger partial charge in [-0.25, -0.2) is 4.85 Å². The molecule has 2 aromatic carbocycles. The van der Waals surface area contributed by atoms with Gasteiger partial charge < -0.3 is 0 Å². The monoisotopic (exact) mass is 263 g/mol. The Morgan fingerprint density at radius 3 is 2.00 bits per heavy atom. The van der Waals surface area contributed by atoms with Crippen LogP contribution in [0.4, 0.5) is 5.69 Å². The molecule has 1 atom stereocenters. The summed E-state index contributed by atoms with van der Waals surface area (Å²) in [5.41, 5.74) is 4.49. The Bertz CT molecular complexity index is 573. The van der Waals surface area contributed by atoms with E-state index in [4.69, 9.17) is 6.57 Å². The third-order valence-corrected chi connectivity index (χ3v) is 3.65. The summed E-state index contributed by atoms with van der Waals surface area (Å²) in [6, 6.07) is 16.6. The second-order valence-corrected chi connectivity index (χ2v) is 5.45. The van der Waals surface area contributed by atoms with Gasteiger partial charge in [-0.05, 0) is 29.0 Å². The highest BCUT2D eigenvalue weighted by molar-refractivity contribution is 5.66. The van der Waals surface area contributed by atoms with E-state index < -0.39 is 0 Å². The summed E-state index contributed by atoms with van der Waals surface area (Å²) in [7, 11) is 0. The van der Waals surface area contributed by atoms with Gasteiger partial charge in [-0.3, -0.25) is 0 Å². The van der Waals surface area contributed by atoms with Gasteiger partial charge in [0.25, 0.3) is 0 Å². The predicted molar refractivity (Wildman–Crippen MR) is 85.9 cm³/mol. The van der Waals surface area contributed by atoms with E-state index in [1.54, 1.807) is 0 Å². The molecule has 2 aromatic rings. The molecule has 1 heteroatoms. The lowest BCUT2D eigenvalue weighted by atomic mass is 9.95. The molecule has 0 aliphatic heterocycles. The minimum absolute atomic E-state index is 0.693. The molecule has 0 spiro atoms. The highest BCUT2D eigenvalue weighted by Crippen LogP contribution is 2.24. The average Bonchev–Trinajstić information content (AvgIpc) is 2.48. The van der Waals surface area contributed by atoms with Crippen LogP contribution < -0.4 is 0 Å². The van der Waals surface area contributed by atoms with Gasteiger partial charge in [0, 0.05) is 0 Å². The van der Waals surface area contributed by atoms with Crippen molar-refractivity contribution in [3.8, 4) is 11.1 Å². The Morgan fingerprint density at radius 1 is 0.950 bits per heavy atom. The lowest BCUT2D eigenvalue weighted by molar-refractivity contribution is 0.522. The first-order valence-corrected chi connectivity index (χ1v) is 7.29. The SMILES string of the molecule is [C-]#[N+]c1ccc(-c2ccc(CC(C)CCC)cc2)cc1. The van der Waals surface area contributed by atoms with Crippen LogP contribution in [0.15, 0.2) is 48.5 Å². The van der Waals surface area contributed by atoms with E-state index in [9.17, 15) is 0 Å². The Hall–Kier alpha value is -2.07. The van der Waals surface area contributed by atoms with Crippen LogP contribution in [0, 0.1) is 12.5 Å². The lowest BCUT2D eigenvalue weighted by Gasteiger charge is -2.10. The van der Waals surface area contributed by atoms with Crippen molar-refractivity contribution >= 4 is 5.69 Å². The molecule has 0 radical (unpaired) electrons. The van der Waals surface area contributed by atoms with Gasteiger partial charge in [0.1, 0.15) is 0 Å². The van der Waals surface area contributed by atoms with Crippen molar-refractivity contribution in [2.24, 2.45) is 5.92 Å². The van der Waals surface area contributed by atoms with Crippen molar-refractivity contribution in [2.75, 3.05) is 0 Å². The van der Waals surface area contributed by atoms with Gasteiger partial charge in [-0.1, -0.05) is 75.2 Å². The van der Waals surface area contributed by atoms with Gasteiger partial charge >= 0.3 is 0 Å². The van der Waals surface area contributed by atoms with Gasteiger partial charge in [0.2, 0.25) is 0 Å². The zero-order chi connectivity index (χ0) is 14.4. The van der Waals surface area contributed by atoms with E-state index in [-0.39, 0.29) is 0 Å². The second-order valence-electron chi connectivity index (χ2n) is 5.45. The van der Waals surface area contributed by atoms with Crippen molar-refractivity contribution in [1.82, 2.24) is 0 Å². The molecular formula is C19H21N. The number of nitrogens with zero attached hydrogens (tertiary/aromatic N) is 1. The van der Waals surface area contributed by atoms with Crippen molar-refractivity contribution in [3.05, 3.63) is 65.5 Å². The highest BCUT2D eigenvalue weighted by atomic mass is 14.6. The van der Waals surface area contributed by atoms with Crippen LogP contribution in [-0.4, -0.2) is 0 Å². The fraction of sp³-hybridized carbons (Fsp3) is 0.316. The molecule has 102 valence electrons. The highest BCUT2D eigenvalue weighted by Gasteiger charge is 2.03. The van der Waals surface area contributed by atoms with Gasteiger partial charge in [-0.2, -0.15) is 0 Å². The zero-order valence-corrected chi connectivity index (χ0v) is 12.3. The van der Waals surface area contributed by atoms with E-state index in [1.165, 1.54) is 29.5 Å². The maximum atomic E-state index is 6.97. The van der Waals surface area contributed by atoms with Crippen LogP contribution in [-0.2, 0) is 6.42 Å². The molecule has 0 bridgehead atoms. The summed E-state index contributed by atoms with van der Waals surface area (Å²) >= 11 is 0. The molecule has 0 saturated heterocycles. The number of benzene rings is 2. The smallest absolute Gasteiger partial charge is 0.187 e. The van der Waals surface area contributed by atoms with Gasteiger partial charge in [-0.15, -0.1) is 0 Å². The second kappa shape index (κ2) is 6.91. The molecule has 1 nitrogen and oxygen atoms in total. The average molecular weight is 263 g/mol. The van der Waals surface area contributed by atoms with E-state index in [0.717, 1.165) is 12.3 Å². The Kier molecular flexibility index (Phi) is 4.96. The molecular weight excluding hydrogens is 242 g/mol. The fourth-order valence-electron chi connectivity index (χ4n) is 2.56. The molecule has 0 aliphatic carbocycles. The first-order valence-electron chi connectivity index (χ1n) is 7.29. The third-order valence-electron chi connectivity index (χ3n) is 3.65. The third kappa shape index (κ3) is 3.71. The van der Waals surface area contributed by atoms with Gasteiger partial charge in [0.05, 0.1) is 6.57 Å². The van der Waals surface area contributed by atoms with Crippen molar-refractivity contribution in [2.45, 2.75) is 33.1 Å². The minimum atomic E-state index is 0.693. The molecule has 0 amide bonds. The van der Waals surface area contributed by atoms with Crippen LogP contribution in [0.2, 0.25) is 0 Å². The lowest BCUT2D eigenvalue weighted by Crippen LogP contribution is -1.98. The number of hydrogen-bond donors (Lipinski definition) is 0. The first kappa shape index (κ1) is 14.3. The van der Waals surface area contributed by atoms with Crippen molar-refractivity contribution < 1.29 is 0 Å². The molecule has 20 heavy (non-hydrogen) atoms. The maximum absolute atomic E-state index is 6.97. The maximum Gasteiger partial charge on any atom is 0.187 e. The topological polar surface area (TPSA) is 4.36 Å². The Balaban J connectivity index is 2.09. The van der Waals surface area contributed by atoms with Crippen LogP contribution >= 0.6 is 0 Å². The minimum Gasteiger partial charge on any atom is -0.238 e. The molecule has 2 rings (SSSR count). The standard InChI is InChI=1S/C19H21N/c1-4-5-15(2)14-16-6-8-17(9-7-16)18-10-12-19(20-3)13-11-18/h6-13,15H,4-5,14H2,1-2H3. The molecule has 0 saturated carbocycles. The van der Waals surface area contributed by atoms with Crippen LogP contribution in [0.5, 0.6) is 0 Å². The van der Waals surface area contributed by atoms with Crippen molar-refractivity contribution in [3.63, 3.8) is 0 Å². The summed E-state index contributed by atoms with van der Waals surface area (Å²) in [4.78, 5) is 3.42. The summed E-state index contributed by atoms with van der Waals surface area (Å²) in [6.45, 7) is 11.5. The van der Waals surface area contributed by atoms with Crippen LogP contribution in [0.1, 0.15) is 32.3 Å². The van der Waals surface area contributed by atoms with E-state index in [1.807, 2.05) is 24.3 Å².